The van der Waals surface area contributed by atoms with Gasteiger partial charge in [0, 0.05) is 13.1 Å². The highest BCUT2D eigenvalue weighted by molar-refractivity contribution is 5.83. The molecule has 1 amide bonds. The first kappa shape index (κ1) is 17.9. The third-order valence-electron chi connectivity index (χ3n) is 5.76. The fourth-order valence-electron chi connectivity index (χ4n) is 4.20. The Hall–Kier alpha value is -1.88. The van der Waals surface area contributed by atoms with E-state index in [-0.39, 0.29) is 18.5 Å². The van der Waals surface area contributed by atoms with Crippen molar-refractivity contribution in [3.8, 4) is 0 Å². The fourth-order valence-corrected chi connectivity index (χ4v) is 4.20. The standard InChI is InChI=1S/C20H28N2O3/c23-18(21-15-20(19(24)25)11-5-2-6-12-20)17-10-7-13-22(17)14-16-8-3-1-4-9-16/h1,3-4,8-9,17H,2,5-7,10-15H2,(H,21,23)(H,24,25). The summed E-state index contributed by atoms with van der Waals surface area (Å²) in [4.78, 5) is 26.7. The first-order valence-corrected chi connectivity index (χ1v) is 9.40. The van der Waals surface area contributed by atoms with Gasteiger partial charge in [-0.3, -0.25) is 14.5 Å². The number of aliphatic carboxylic acids is 1. The predicted molar refractivity (Wildman–Crippen MR) is 96.0 cm³/mol. The molecule has 2 aliphatic rings. The monoisotopic (exact) mass is 344 g/mol. The molecule has 1 aromatic carbocycles. The fraction of sp³-hybridized carbons (Fsp3) is 0.600. The second-order valence-corrected chi connectivity index (χ2v) is 7.48. The Balaban J connectivity index is 1.59. The minimum absolute atomic E-state index is 0.0142. The average molecular weight is 344 g/mol. The highest BCUT2D eigenvalue weighted by atomic mass is 16.4. The lowest BCUT2D eigenvalue weighted by atomic mass is 9.74. The smallest absolute Gasteiger partial charge is 0.311 e. The summed E-state index contributed by atoms with van der Waals surface area (Å²) in [6, 6.07) is 10.0. The minimum atomic E-state index is -0.767. The number of carboxylic acid groups (broad SMARTS) is 1. The van der Waals surface area contributed by atoms with Gasteiger partial charge in [0.25, 0.3) is 0 Å². The maximum atomic E-state index is 12.7. The van der Waals surface area contributed by atoms with Crippen LogP contribution in [0.2, 0.25) is 0 Å². The van der Waals surface area contributed by atoms with E-state index in [1.165, 1.54) is 5.56 Å². The van der Waals surface area contributed by atoms with Gasteiger partial charge in [-0.05, 0) is 37.8 Å². The molecule has 0 radical (unpaired) electrons. The normalized spacial score (nSPS) is 23.3. The largest absolute Gasteiger partial charge is 0.481 e. The lowest BCUT2D eigenvalue weighted by Gasteiger charge is -2.34. The summed E-state index contributed by atoms with van der Waals surface area (Å²) in [5.74, 6) is -0.778. The Kier molecular flexibility index (Phi) is 5.74. The molecule has 0 aromatic heterocycles. The van der Waals surface area contributed by atoms with Crippen LogP contribution in [0.15, 0.2) is 30.3 Å². The number of carbonyl (C=O) groups excluding carboxylic acids is 1. The lowest BCUT2D eigenvalue weighted by Crippen LogP contribution is -2.49. The molecule has 136 valence electrons. The number of hydrogen-bond donors (Lipinski definition) is 2. The summed E-state index contributed by atoms with van der Waals surface area (Å²) in [5, 5.41) is 12.6. The van der Waals surface area contributed by atoms with Gasteiger partial charge in [0.15, 0.2) is 0 Å². The van der Waals surface area contributed by atoms with Gasteiger partial charge >= 0.3 is 5.97 Å². The maximum Gasteiger partial charge on any atom is 0.311 e. The van der Waals surface area contributed by atoms with Crippen molar-refractivity contribution in [1.29, 1.82) is 0 Å². The van der Waals surface area contributed by atoms with E-state index in [2.05, 4.69) is 22.3 Å². The average Bonchev–Trinajstić information content (AvgIpc) is 3.09. The third-order valence-corrected chi connectivity index (χ3v) is 5.76. The molecule has 25 heavy (non-hydrogen) atoms. The Bertz CT molecular complexity index is 596. The zero-order chi connectivity index (χ0) is 17.7. The molecule has 0 bridgehead atoms. The zero-order valence-electron chi connectivity index (χ0n) is 14.7. The molecule has 1 aliphatic carbocycles. The van der Waals surface area contributed by atoms with Crippen molar-refractivity contribution in [3.63, 3.8) is 0 Å². The Labute approximate surface area is 149 Å². The molecule has 5 heteroatoms. The number of likely N-dealkylation sites (tertiary alicyclic amines) is 1. The highest BCUT2D eigenvalue weighted by Crippen LogP contribution is 2.36. The van der Waals surface area contributed by atoms with Crippen LogP contribution in [0.25, 0.3) is 0 Å². The van der Waals surface area contributed by atoms with Gasteiger partial charge in [0.2, 0.25) is 5.91 Å². The Morgan fingerprint density at radius 3 is 2.52 bits per heavy atom. The summed E-state index contributed by atoms with van der Waals surface area (Å²) in [6.07, 6.45) is 6.16. The number of amides is 1. The van der Waals surface area contributed by atoms with E-state index < -0.39 is 11.4 Å². The molecule has 1 saturated heterocycles. The Morgan fingerprint density at radius 1 is 1.12 bits per heavy atom. The summed E-state index contributed by atoms with van der Waals surface area (Å²) >= 11 is 0. The minimum Gasteiger partial charge on any atom is -0.481 e. The number of carbonyl (C=O) groups is 2. The van der Waals surface area contributed by atoms with Gasteiger partial charge in [0.1, 0.15) is 0 Å². The number of carboxylic acids is 1. The first-order valence-electron chi connectivity index (χ1n) is 9.40. The van der Waals surface area contributed by atoms with Crippen molar-refractivity contribution in [2.24, 2.45) is 5.41 Å². The molecule has 1 unspecified atom stereocenters. The molecular formula is C20H28N2O3. The van der Waals surface area contributed by atoms with Crippen LogP contribution in [0.4, 0.5) is 0 Å². The molecule has 1 atom stereocenters. The van der Waals surface area contributed by atoms with Gasteiger partial charge in [-0.15, -0.1) is 0 Å². The van der Waals surface area contributed by atoms with E-state index in [0.29, 0.717) is 12.8 Å². The summed E-state index contributed by atoms with van der Waals surface area (Å²) in [5.41, 5.74) is 0.438. The highest BCUT2D eigenvalue weighted by Gasteiger charge is 2.41. The molecule has 3 rings (SSSR count). The molecule has 1 aliphatic heterocycles. The van der Waals surface area contributed by atoms with Crippen molar-refractivity contribution >= 4 is 11.9 Å². The molecule has 2 fully saturated rings. The van der Waals surface area contributed by atoms with Gasteiger partial charge in [-0.25, -0.2) is 0 Å². The van der Waals surface area contributed by atoms with Gasteiger partial charge in [0.05, 0.1) is 11.5 Å². The van der Waals surface area contributed by atoms with E-state index in [9.17, 15) is 14.7 Å². The maximum absolute atomic E-state index is 12.7. The summed E-state index contributed by atoms with van der Waals surface area (Å²) in [7, 11) is 0. The van der Waals surface area contributed by atoms with Crippen molar-refractivity contribution in [3.05, 3.63) is 35.9 Å². The number of nitrogens with zero attached hydrogens (tertiary/aromatic N) is 1. The van der Waals surface area contributed by atoms with E-state index in [1.807, 2.05) is 18.2 Å². The van der Waals surface area contributed by atoms with Crippen LogP contribution in [0, 0.1) is 5.41 Å². The van der Waals surface area contributed by atoms with Crippen LogP contribution >= 0.6 is 0 Å². The number of benzene rings is 1. The first-order chi connectivity index (χ1) is 12.1. The molecular weight excluding hydrogens is 316 g/mol. The molecule has 5 nitrogen and oxygen atoms in total. The molecule has 0 spiro atoms. The van der Waals surface area contributed by atoms with Crippen LogP contribution in [-0.2, 0) is 16.1 Å². The van der Waals surface area contributed by atoms with Crippen LogP contribution in [0.5, 0.6) is 0 Å². The van der Waals surface area contributed by atoms with Crippen LogP contribution in [0.3, 0.4) is 0 Å². The number of nitrogens with one attached hydrogen (secondary N) is 1. The van der Waals surface area contributed by atoms with Crippen molar-refractivity contribution < 1.29 is 14.7 Å². The number of hydrogen-bond acceptors (Lipinski definition) is 3. The van der Waals surface area contributed by atoms with Gasteiger partial charge in [-0.1, -0.05) is 49.6 Å². The van der Waals surface area contributed by atoms with E-state index in [0.717, 1.165) is 45.2 Å². The quantitative estimate of drug-likeness (QED) is 0.832. The SMILES string of the molecule is O=C(NCC1(C(=O)O)CCCCC1)C1CCCN1Cc1ccccc1. The summed E-state index contributed by atoms with van der Waals surface area (Å²) < 4.78 is 0. The predicted octanol–water partition coefficient (Wildman–Crippen LogP) is 2.80. The molecule has 1 heterocycles. The van der Waals surface area contributed by atoms with Crippen molar-refractivity contribution in [2.75, 3.05) is 13.1 Å². The van der Waals surface area contributed by atoms with Crippen molar-refractivity contribution in [1.82, 2.24) is 10.2 Å². The van der Waals surface area contributed by atoms with Gasteiger partial charge in [-0.2, -0.15) is 0 Å². The van der Waals surface area contributed by atoms with Crippen LogP contribution in [-0.4, -0.2) is 41.0 Å². The van der Waals surface area contributed by atoms with E-state index >= 15 is 0 Å². The van der Waals surface area contributed by atoms with Gasteiger partial charge < -0.3 is 10.4 Å². The second kappa shape index (κ2) is 8.00. The molecule has 2 N–H and O–H groups in total. The molecule has 1 aromatic rings. The van der Waals surface area contributed by atoms with E-state index in [1.54, 1.807) is 0 Å². The second-order valence-electron chi connectivity index (χ2n) is 7.48. The molecule has 1 saturated carbocycles. The van der Waals surface area contributed by atoms with Crippen molar-refractivity contribution in [2.45, 2.75) is 57.5 Å². The van der Waals surface area contributed by atoms with Crippen LogP contribution in [0.1, 0.15) is 50.5 Å². The topological polar surface area (TPSA) is 69.6 Å². The van der Waals surface area contributed by atoms with E-state index in [4.69, 9.17) is 0 Å². The Morgan fingerprint density at radius 2 is 1.84 bits per heavy atom. The summed E-state index contributed by atoms with van der Waals surface area (Å²) in [6.45, 7) is 1.94. The number of rotatable bonds is 6. The zero-order valence-corrected chi connectivity index (χ0v) is 14.7. The third kappa shape index (κ3) is 4.21. The lowest BCUT2D eigenvalue weighted by molar-refractivity contribution is -0.151. The van der Waals surface area contributed by atoms with Crippen LogP contribution < -0.4 is 5.32 Å².